The maximum absolute atomic E-state index is 14.4. The summed E-state index contributed by atoms with van der Waals surface area (Å²) in [5.74, 6) is 3.44. The quantitative estimate of drug-likeness (QED) is 0.128. The van der Waals surface area contributed by atoms with E-state index in [1.807, 2.05) is 12.1 Å². The molecule has 0 unspecified atom stereocenters. The average Bonchev–Trinajstić information content (AvgIpc) is 4.09. The van der Waals surface area contributed by atoms with E-state index in [2.05, 4.69) is 40.5 Å². The van der Waals surface area contributed by atoms with Crippen molar-refractivity contribution in [2.24, 2.45) is 17.8 Å². The summed E-state index contributed by atoms with van der Waals surface area (Å²) >= 11 is 12.6. The van der Waals surface area contributed by atoms with Gasteiger partial charge in [0.15, 0.2) is 5.75 Å². The number of hydrogen-bond acceptors (Lipinski definition) is 8. The number of rotatable bonds is 19. The van der Waals surface area contributed by atoms with Crippen LogP contribution in [0.1, 0.15) is 54.7 Å². The Kier molecular flexibility index (Phi) is 13.3. The first-order valence-electron chi connectivity index (χ1n) is 18.1. The number of amides is 1. The van der Waals surface area contributed by atoms with Crippen molar-refractivity contribution in [3.63, 3.8) is 0 Å². The zero-order valence-corrected chi connectivity index (χ0v) is 31.1. The minimum absolute atomic E-state index is 0.106. The van der Waals surface area contributed by atoms with Crippen LogP contribution in [0.25, 0.3) is 0 Å². The van der Waals surface area contributed by atoms with Gasteiger partial charge < -0.3 is 39.0 Å². The molecule has 11 heteroatoms. The van der Waals surface area contributed by atoms with Gasteiger partial charge in [-0.25, -0.2) is 0 Å². The number of ether oxygens (including phenoxy) is 5. The monoisotopic (exact) mass is 740 g/mol. The maximum atomic E-state index is 14.4. The van der Waals surface area contributed by atoms with Crippen LogP contribution >= 0.6 is 23.2 Å². The first kappa shape index (κ1) is 37.5. The van der Waals surface area contributed by atoms with Gasteiger partial charge in [0.2, 0.25) is 5.91 Å². The van der Waals surface area contributed by atoms with Gasteiger partial charge in [-0.05, 0) is 104 Å². The Morgan fingerprint density at radius 2 is 1.61 bits per heavy atom. The normalized spacial score (nSPS) is 21.2. The number of carbonyl (C=O) groups excluding carboxylic acids is 1. The molecule has 0 aromatic heterocycles. The van der Waals surface area contributed by atoms with Crippen molar-refractivity contribution in [3.8, 4) is 23.0 Å². The summed E-state index contributed by atoms with van der Waals surface area (Å²) in [5.41, 5.74) is 3.43. The Morgan fingerprint density at radius 3 is 2.29 bits per heavy atom. The fourth-order valence-corrected chi connectivity index (χ4v) is 7.59. The molecular formula is C40H50Cl2N2O7. The van der Waals surface area contributed by atoms with E-state index in [0.29, 0.717) is 66.3 Å². The molecule has 1 heterocycles. The molecule has 1 amide bonds. The molecule has 9 nitrogen and oxygen atoms in total. The van der Waals surface area contributed by atoms with Crippen LogP contribution in [-0.2, 0) is 22.5 Å². The van der Waals surface area contributed by atoms with E-state index in [4.69, 9.17) is 46.9 Å². The first-order valence-corrected chi connectivity index (χ1v) is 18.9. The van der Waals surface area contributed by atoms with Gasteiger partial charge in [-0.2, -0.15) is 0 Å². The summed E-state index contributed by atoms with van der Waals surface area (Å²) in [6, 6.07) is 18.1. The van der Waals surface area contributed by atoms with Crippen LogP contribution in [0.2, 0.25) is 10.0 Å². The topological polar surface area (TPSA) is 98.7 Å². The first-order chi connectivity index (χ1) is 24.9. The predicted octanol–water partition coefficient (Wildman–Crippen LogP) is 6.93. The highest BCUT2D eigenvalue weighted by molar-refractivity contribution is 6.37. The van der Waals surface area contributed by atoms with Crippen LogP contribution in [-0.4, -0.2) is 82.3 Å². The van der Waals surface area contributed by atoms with Crippen molar-refractivity contribution in [3.05, 3.63) is 81.3 Å². The highest BCUT2D eigenvalue weighted by atomic mass is 35.5. The summed E-state index contributed by atoms with van der Waals surface area (Å²) in [7, 11) is 3.28. The minimum atomic E-state index is -0.163. The lowest BCUT2D eigenvalue weighted by molar-refractivity contribution is -0.138. The molecule has 1 saturated heterocycles. The molecule has 2 aliphatic carbocycles. The maximum Gasteiger partial charge on any atom is 0.228 e. The molecule has 3 fully saturated rings. The Balaban J connectivity index is 1.09. The Morgan fingerprint density at radius 1 is 0.863 bits per heavy atom. The molecule has 6 rings (SSSR count). The SMILES string of the molecule is COCCCc1cc(CN(C(=O)[C@H]2CNCC[C@@H]2c2ccc(OCCOc3c(Cl)cc(OC)cc3Cl)cc2)C2CC2)cc(OC[C@@H]2C[C@H]2CO)c1. The van der Waals surface area contributed by atoms with E-state index in [0.717, 1.165) is 67.7 Å². The number of carbonyl (C=O) groups is 1. The second-order valence-electron chi connectivity index (χ2n) is 13.9. The van der Waals surface area contributed by atoms with Crippen LogP contribution in [0, 0.1) is 17.8 Å². The third kappa shape index (κ3) is 10.2. The summed E-state index contributed by atoms with van der Waals surface area (Å²) in [6.45, 7) is 4.18. The van der Waals surface area contributed by atoms with E-state index in [1.54, 1.807) is 26.4 Å². The zero-order valence-electron chi connectivity index (χ0n) is 29.6. The van der Waals surface area contributed by atoms with Gasteiger partial charge in [-0.1, -0.05) is 41.4 Å². The van der Waals surface area contributed by atoms with Crippen molar-refractivity contribution in [2.75, 3.05) is 60.3 Å². The average molecular weight is 742 g/mol. The van der Waals surface area contributed by atoms with Gasteiger partial charge >= 0.3 is 0 Å². The van der Waals surface area contributed by atoms with E-state index >= 15 is 0 Å². The summed E-state index contributed by atoms with van der Waals surface area (Å²) in [6.07, 6.45) is 5.76. The van der Waals surface area contributed by atoms with Crippen LogP contribution < -0.4 is 24.3 Å². The fourth-order valence-electron chi connectivity index (χ4n) is 7.02. The molecule has 276 valence electrons. The lowest BCUT2D eigenvalue weighted by atomic mass is 9.80. The van der Waals surface area contributed by atoms with Crippen molar-refractivity contribution in [1.82, 2.24) is 10.2 Å². The number of nitrogens with zero attached hydrogens (tertiary/aromatic N) is 1. The van der Waals surface area contributed by atoms with Crippen molar-refractivity contribution >= 4 is 29.1 Å². The van der Waals surface area contributed by atoms with E-state index in [9.17, 15) is 9.90 Å². The molecule has 3 aromatic carbocycles. The van der Waals surface area contributed by atoms with Gasteiger partial charge in [0.25, 0.3) is 0 Å². The number of halogens is 2. The minimum Gasteiger partial charge on any atom is -0.497 e. The summed E-state index contributed by atoms with van der Waals surface area (Å²) in [5, 5.41) is 13.7. The Hall–Kier alpha value is -3.21. The fraction of sp³-hybridized carbons (Fsp3) is 0.525. The van der Waals surface area contributed by atoms with Gasteiger partial charge in [0.1, 0.15) is 30.5 Å². The molecule has 0 spiro atoms. The van der Waals surface area contributed by atoms with Gasteiger partial charge in [0, 0.05) is 51.6 Å². The van der Waals surface area contributed by atoms with Crippen LogP contribution in [0.3, 0.4) is 0 Å². The third-order valence-electron chi connectivity index (χ3n) is 10.1. The number of benzene rings is 3. The van der Waals surface area contributed by atoms with E-state index in [-0.39, 0.29) is 37.0 Å². The molecule has 3 aliphatic rings. The Labute approximate surface area is 311 Å². The number of nitrogens with one attached hydrogen (secondary N) is 1. The molecule has 2 saturated carbocycles. The molecule has 4 atom stereocenters. The summed E-state index contributed by atoms with van der Waals surface area (Å²) < 4.78 is 28.5. The molecule has 1 aliphatic heterocycles. The van der Waals surface area contributed by atoms with Crippen LogP contribution in [0.5, 0.6) is 23.0 Å². The number of aryl methyl sites for hydroxylation is 1. The molecule has 3 aromatic rings. The van der Waals surface area contributed by atoms with Gasteiger partial charge in [0.05, 0.1) is 29.7 Å². The molecule has 0 radical (unpaired) electrons. The van der Waals surface area contributed by atoms with E-state index in [1.165, 1.54) is 5.56 Å². The van der Waals surface area contributed by atoms with Gasteiger partial charge in [-0.15, -0.1) is 0 Å². The second-order valence-corrected chi connectivity index (χ2v) is 14.7. The van der Waals surface area contributed by atoms with Crippen molar-refractivity contribution < 1.29 is 33.6 Å². The van der Waals surface area contributed by atoms with Crippen LogP contribution in [0.15, 0.2) is 54.6 Å². The number of piperidine rings is 1. The highest BCUT2D eigenvalue weighted by Gasteiger charge is 2.40. The molecular weight excluding hydrogens is 691 g/mol. The van der Waals surface area contributed by atoms with E-state index < -0.39 is 0 Å². The third-order valence-corrected chi connectivity index (χ3v) is 10.7. The lowest BCUT2D eigenvalue weighted by Crippen LogP contribution is -2.47. The standard InChI is InChI=1S/C40H50Cl2N2O7/c1-47-13-3-4-26-16-27(18-34(17-26)51-25-30-19-29(30)24-45)23-44(31-7-8-31)40(46)36-22-43-12-11-35(36)28-5-9-32(10-6-28)49-14-15-50-39-37(41)20-33(48-2)21-38(39)42/h5-6,9-10,16-18,20-21,29-31,35-36,43,45H,3-4,7-8,11-15,19,22-25H2,1-2H3/t29-,30-,35+,36-/m0/s1. The number of aliphatic hydroxyl groups excluding tert-OH is 1. The van der Waals surface area contributed by atoms with Crippen molar-refractivity contribution in [2.45, 2.75) is 57.0 Å². The molecule has 2 N–H and O–H groups in total. The lowest BCUT2D eigenvalue weighted by Gasteiger charge is -2.36. The van der Waals surface area contributed by atoms with Crippen molar-refractivity contribution in [1.29, 1.82) is 0 Å². The highest BCUT2D eigenvalue weighted by Crippen LogP contribution is 2.40. The van der Waals surface area contributed by atoms with Gasteiger partial charge in [-0.3, -0.25) is 4.79 Å². The zero-order chi connectivity index (χ0) is 35.7. The second kappa shape index (κ2) is 18.0. The smallest absolute Gasteiger partial charge is 0.228 e. The Bertz CT molecular complexity index is 1580. The number of hydrogen-bond donors (Lipinski definition) is 2. The largest absolute Gasteiger partial charge is 0.497 e. The van der Waals surface area contributed by atoms with Crippen LogP contribution in [0.4, 0.5) is 0 Å². The molecule has 51 heavy (non-hydrogen) atoms. The number of methoxy groups -OCH3 is 2. The molecule has 0 bridgehead atoms. The summed E-state index contributed by atoms with van der Waals surface area (Å²) in [4.78, 5) is 16.5. The number of aliphatic hydroxyl groups is 1. The predicted molar refractivity (Wildman–Crippen MR) is 199 cm³/mol.